The number of alkyl halides is 1. The van der Waals surface area contributed by atoms with Gasteiger partial charge < -0.3 is 4.74 Å². The van der Waals surface area contributed by atoms with Gasteiger partial charge in [0.2, 0.25) is 0 Å². The first-order valence-electron chi connectivity index (χ1n) is 7.54. The van der Waals surface area contributed by atoms with Crippen molar-refractivity contribution in [3.05, 3.63) is 38.9 Å². The largest absolute Gasteiger partial charge is 0.441 e. The van der Waals surface area contributed by atoms with Crippen molar-refractivity contribution in [3.63, 3.8) is 0 Å². The van der Waals surface area contributed by atoms with Crippen LogP contribution in [0.15, 0.2) is 16.9 Å². The lowest BCUT2D eigenvalue weighted by molar-refractivity contribution is -0.162. The Balaban J connectivity index is 2.57. The van der Waals surface area contributed by atoms with E-state index < -0.39 is 11.6 Å². The highest BCUT2D eigenvalue weighted by Gasteiger charge is 2.26. The quantitative estimate of drug-likeness (QED) is 0.552. The van der Waals surface area contributed by atoms with E-state index in [0.717, 1.165) is 5.56 Å². The van der Waals surface area contributed by atoms with Crippen LogP contribution < -0.4 is 5.56 Å². The Hall–Kier alpha value is -1.40. The molecule has 0 saturated heterocycles. The molecule has 0 spiro atoms. The van der Waals surface area contributed by atoms with Crippen LogP contribution in [0.1, 0.15) is 45.3 Å². The summed E-state index contributed by atoms with van der Waals surface area (Å²) in [4.78, 5) is 29.4. The molecule has 130 valence electrons. The maximum atomic E-state index is 12.9. The van der Waals surface area contributed by atoms with E-state index in [1.807, 2.05) is 0 Å². The number of fused-ring (bicyclic) bond motifs is 1. The Bertz CT molecular complexity index is 856. The Kier molecular flexibility index (Phi) is 5.40. The third kappa shape index (κ3) is 3.64. The molecule has 1 heterocycles. The monoisotopic (exact) mass is 414 g/mol. The number of nitrogens with zero attached hydrogens (tertiary/aromatic N) is 2. The molecule has 0 aliphatic rings. The van der Waals surface area contributed by atoms with E-state index in [1.165, 1.54) is 4.57 Å². The molecule has 0 amide bonds. The average molecular weight is 416 g/mol. The molecule has 5 nitrogen and oxygen atoms in total. The Morgan fingerprint density at radius 3 is 2.58 bits per heavy atom. The third-order valence-corrected chi connectivity index (χ3v) is 4.60. The number of esters is 1. The fourth-order valence-corrected chi connectivity index (χ4v) is 3.14. The predicted molar refractivity (Wildman–Crippen MR) is 98.6 cm³/mol. The van der Waals surface area contributed by atoms with Crippen LogP contribution in [0.5, 0.6) is 0 Å². The first-order chi connectivity index (χ1) is 11.1. The van der Waals surface area contributed by atoms with E-state index in [2.05, 4.69) is 20.9 Å². The second kappa shape index (κ2) is 6.84. The topological polar surface area (TPSA) is 61.2 Å². The van der Waals surface area contributed by atoms with Crippen molar-refractivity contribution in [2.24, 2.45) is 5.41 Å². The first-order valence-corrected chi connectivity index (χ1v) is 9.04. The number of ether oxygens (including phenoxy) is 1. The van der Waals surface area contributed by atoms with Crippen molar-refractivity contribution in [1.29, 1.82) is 0 Å². The van der Waals surface area contributed by atoms with E-state index in [4.69, 9.17) is 16.3 Å². The zero-order valence-electron chi connectivity index (χ0n) is 14.3. The summed E-state index contributed by atoms with van der Waals surface area (Å²) in [5.41, 5.74) is 0.424. The fourth-order valence-electron chi connectivity index (χ4n) is 2.29. The summed E-state index contributed by atoms with van der Waals surface area (Å²) in [5, 5.41) is 1.53. The molecule has 2 rings (SSSR count). The van der Waals surface area contributed by atoms with Crippen LogP contribution in [0, 0.1) is 12.3 Å². The summed E-state index contributed by atoms with van der Waals surface area (Å²) in [7, 11) is 0. The summed E-state index contributed by atoms with van der Waals surface area (Å²) in [6.07, 6.45) is -0.746. The van der Waals surface area contributed by atoms with E-state index in [1.54, 1.807) is 46.8 Å². The first kappa shape index (κ1) is 18.9. The van der Waals surface area contributed by atoms with Crippen LogP contribution in [-0.4, -0.2) is 15.5 Å². The molecule has 0 aliphatic heterocycles. The van der Waals surface area contributed by atoms with Gasteiger partial charge in [0.25, 0.3) is 5.56 Å². The lowest BCUT2D eigenvalue weighted by atomic mass is 9.97. The van der Waals surface area contributed by atoms with Gasteiger partial charge in [-0.15, -0.1) is 0 Å². The molecule has 7 heteroatoms. The van der Waals surface area contributed by atoms with Gasteiger partial charge in [0.1, 0.15) is 5.82 Å². The molecule has 1 atom stereocenters. The Labute approximate surface area is 154 Å². The number of carbonyl (C=O) groups is 1. The molecule has 1 aromatic carbocycles. The second-order valence-corrected chi connectivity index (χ2v) is 7.65. The summed E-state index contributed by atoms with van der Waals surface area (Å²) >= 11 is 9.53. The number of rotatable bonds is 3. The number of carbonyl (C=O) groups excluding carboxylic acids is 1. The molecule has 1 unspecified atom stereocenters. The van der Waals surface area contributed by atoms with Crippen LogP contribution in [0.3, 0.4) is 0 Å². The van der Waals surface area contributed by atoms with Gasteiger partial charge in [-0.25, -0.2) is 4.98 Å². The predicted octanol–water partition coefficient (Wildman–Crippen LogP) is 4.36. The highest BCUT2D eigenvalue weighted by molar-refractivity contribution is 9.08. The lowest BCUT2D eigenvalue weighted by Crippen LogP contribution is -2.32. The van der Waals surface area contributed by atoms with E-state index in [0.29, 0.717) is 27.1 Å². The molecule has 24 heavy (non-hydrogen) atoms. The van der Waals surface area contributed by atoms with Crippen LogP contribution in [-0.2, 0) is 14.9 Å². The molecule has 0 fully saturated rings. The van der Waals surface area contributed by atoms with Gasteiger partial charge >= 0.3 is 5.97 Å². The van der Waals surface area contributed by atoms with Crippen LogP contribution >= 0.6 is 27.5 Å². The lowest BCUT2D eigenvalue weighted by Gasteiger charge is -2.23. The number of halogens is 2. The van der Waals surface area contributed by atoms with Crippen molar-refractivity contribution >= 4 is 44.4 Å². The number of aryl methyl sites for hydroxylation is 1. The smallest absolute Gasteiger partial charge is 0.313 e. The summed E-state index contributed by atoms with van der Waals surface area (Å²) in [5.74, 6) is 0.0861. The summed E-state index contributed by atoms with van der Waals surface area (Å²) < 4.78 is 6.83. The van der Waals surface area contributed by atoms with Crippen molar-refractivity contribution in [1.82, 2.24) is 9.55 Å². The maximum absolute atomic E-state index is 12.9. The minimum absolute atomic E-state index is 0.259. The minimum Gasteiger partial charge on any atom is -0.441 e. The number of aromatic nitrogens is 2. The Morgan fingerprint density at radius 2 is 2.04 bits per heavy atom. The van der Waals surface area contributed by atoms with E-state index in [9.17, 15) is 9.59 Å². The second-order valence-electron chi connectivity index (χ2n) is 6.68. The molecule has 0 bridgehead atoms. The van der Waals surface area contributed by atoms with Crippen LogP contribution in [0.2, 0.25) is 5.02 Å². The van der Waals surface area contributed by atoms with Gasteiger partial charge in [-0.05, 0) is 52.3 Å². The standard InChI is InChI=1S/C17H20BrClN2O3/c1-9-20-14-7-13(19)11(8-18)6-12(14)15(22)21(9)10(2)24-16(23)17(3,4)5/h6-7,10H,8H2,1-5H3. The molecular formula is C17H20BrClN2O3. The van der Waals surface area contributed by atoms with Gasteiger partial charge in [0.05, 0.1) is 16.3 Å². The summed E-state index contributed by atoms with van der Waals surface area (Å²) in [6.45, 7) is 8.66. The average Bonchev–Trinajstić information content (AvgIpc) is 2.45. The third-order valence-electron chi connectivity index (χ3n) is 3.64. The van der Waals surface area contributed by atoms with Gasteiger partial charge in [-0.2, -0.15) is 0 Å². The molecule has 2 aromatic rings. The van der Waals surface area contributed by atoms with Gasteiger partial charge in [-0.3, -0.25) is 14.2 Å². The number of hydrogen-bond acceptors (Lipinski definition) is 4. The zero-order valence-corrected chi connectivity index (χ0v) is 16.7. The van der Waals surface area contributed by atoms with Crippen LogP contribution in [0.25, 0.3) is 10.9 Å². The van der Waals surface area contributed by atoms with Gasteiger partial charge in [0, 0.05) is 10.4 Å². The number of benzene rings is 1. The molecule has 0 radical (unpaired) electrons. The van der Waals surface area contributed by atoms with Gasteiger partial charge in [0.15, 0.2) is 6.23 Å². The van der Waals surface area contributed by atoms with Crippen molar-refractivity contribution in [2.75, 3.05) is 0 Å². The van der Waals surface area contributed by atoms with Crippen molar-refractivity contribution < 1.29 is 9.53 Å². The molecule has 0 saturated carbocycles. The summed E-state index contributed by atoms with van der Waals surface area (Å²) in [6, 6.07) is 3.40. The minimum atomic E-state index is -0.746. The molecule has 1 aromatic heterocycles. The zero-order chi connectivity index (χ0) is 18.2. The van der Waals surface area contributed by atoms with Gasteiger partial charge in [-0.1, -0.05) is 27.5 Å². The van der Waals surface area contributed by atoms with Crippen LogP contribution in [0.4, 0.5) is 0 Å². The fraction of sp³-hybridized carbons (Fsp3) is 0.471. The normalized spacial score (nSPS) is 13.1. The van der Waals surface area contributed by atoms with Crippen molar-refractivity contribution in [2.45, 2.75) is 46.2 Å². The highest BCUT2D eigenvalue weighted by Crippen LogP contribution is 2.25. The highest BCUT2D eigenvalue weighted by atomic mass is 79.9. The van der Waals surface area contributed by atoms with E-state index >= 15 is 0 Å². The molecule has 0 N–H and O–H groups in total. The number of hydrogen-bond donors (Lipinski definition) is 0. The molecular weight excluding hydrogens is 396 g/mol. The molecule has 0 aliphatic carbocycles. The maximum Gasteiger partial charge on any atom is 0.313 e. The SMILES string of the molecule is Cc1nc2cc(Cl)c(CBr)cc2c(=O)n1C(C)OC(=O)C(C)(C)C. The Morgan fingerprint density at radius 1 is 1.42 bits per heavy atom. The van der Waals surface area contributed by atoms with E-state index in [-0.39, 0.29) is 11.5 Å². The van der Waals surface area contributed by atoms with Crippen molar-refractivity contribution in [3.8, 4) is 0 Å².